The van der Waals surface area contributed by atoms with E-state index in [1.807, 2.05) is 14.7 Å². The number of benzene rings is 3. The summed E-state index contributed by atoms with van der Waals surface area (Å²) in [7, 11) is 0. The average molecular weight is 1200 g/mol. The number of aromatic carboxylic acids is 3. The summed E-state index contributed by atoms with van der Waals surface area (Å²) in [6.45, 7) is 8.77. The first-order valence-corrected chi connectivity index (χ1v) is 24.3. The molecule has 0 spiro atoms. The largest absolute Gasteiger partial charge is 3.00 e. The Morgan fingerprint density at radius 1 is 0.425 bits per heavy atom. The van der Waals surface area contributed by atoms with E-state index in [-0.39, 0.29) is 60.5 Å². The van der Waals surface area contributed by atoms with Crippen molar-refractivity contribution in [2.45, 2.75) is 56.7 Å². The second-order valence-electron chi connectivity index (χ2n) is 19.1. The number of nitrogens with zero attached hydrogens (tertiary/aromatic N) is 6. The van der Waals surface area contributed by atoms with Crippen LogP contribution in [-0.4, -0.2) is 136 Å². The molecule has 3 saturated heterocycles. The summed E-state index contributed by atoms with van der Waals surface area (Å²) in [5.41, 5.74) is -0.173. The summed E-state index contributed by atoms with van der Waals surface area (Å²) in [6, 6.07) is 9.01. The summed E-state index contributed by atoms with van der Waals surface area (Å²) in [4.78, 5) is 76.7. The standard InChI is InChI=1S/3C17H18FN3O3.Bi/c3*18-13-7-11-14(8-15(13)20-5-3-19-4-6-20)21(10-1-2-10)9-12(16(11)22)17(23)24;/h3*7-10,19H,1-6H2,(H,23,24);/q;;;+3/p-3. The van der Waals surface area contributed by atoms with Gasteiger partial charge in [-0.3, -0.25) is 14.4 Å². The van der Waals surface area contributed by atoms with Crippen LogP contribution in [0.2, 0.25) is 0 Å². The molecule has 12 rings (SSSR count). The fourth-order valence-electron chi connectivity index (χ4n) is 9.92. The molecular formula is C51H51BiF3N9O9. The molecule has 6 aliphatic rings. The van der Waals surface area contributed by atoms with E-state index < -0.39 is 68.3 Å². The molecule has 6 fully saturated rings. The number of nitrogens with one attached hydrogen (secondary N) is 3. The predicted octanol–water partition coefficient (Wildman–Crippen LogP) is 0.365. The van der Waals surface area contributed by atoms with Crippen LogP contribution in [0, 0.1) is 17.5 Å². The Morgan fingerprint density at radius 2 is 0.658 bits per heavy atom. The van der Waals surface area contributed by atoms with E-state index in [4.69, 9.17) is 0 Å². The zero-order valence-electron chi connectivity index (χ0n) is 39.6. The fourth-order valence-corrected chi connectivity index (χ4v) is 9.92. The Morgan fingerprint density at radius 3 is 0.863 bits per heavy atom. The number of fused-ring (bicyclic) bond motifs is 3. The minimum atomic E-state index is -1.53. The van der Waals surface area contributed by atoms with Gasteiger partial charge in [0, 0.05) is 131 Å². The Balaban J connectivity index is 0.000000134. The number of carbonyl (C=O) groups excluding carboxylic acids is 3. The molecule has 6 aromatic rings. The Hall–Kier alpha value is -6.35. The van der Waals surface area contributed by atoms with Gasteiger partial charge in [0.05, 0.1) is 68.2 Å². The van der Waals surface area contributed by atoms with Crippen LogP contribution in [0.15, 0.2) is 69.4 Å². The van der Waals surface area contributed by atoms with Gasteiger partial charge >= 0.3 is 26.2 Å². The van der Waals surface area contributed by atoms with Crippen LogP contribution in [0.4, 0.5) is 30.2 Å². The third kappa shape index (κ3) is 10.6. The number of piperazine rings is 3. The number of carbonyl (C=O) groups is 3. The molecule has 3 aliphatic carbocycles. The SMILES string of the molecule is O=C([O-])c1cn(C2CC2)c2cc(N3CCNCC3)c(F)cc2c1=O.O=C([O-])c1cn(C2CC2)c2cc(N3CCNCC3)c(F)cc2c1=O.O=C([O-])c1cn(C2CC2)c2cc(N3CCNCC3)c(F)cc2c1=O.[Bi+3]. The number of anilines is 3. The smallest absolute Gasteiger partial charge is 0.545 e. The fraction of sp³-hybridized carbons (Fsp3) is 0.412. The molecule has 22 heteroatoms. The van der Waals surface area contributed by atoms with E-state index in [1.54, 1.807) is 31.9 Å². The number of halogens is 3. The molecule has 3 aromatic carbocycles. The van der Waals surface area contributed by atoms with E-state index in [0.717, 1.165) is 77.8 Å². The summed E-state index contributed by atoms with van der Waals surface area (Å²) in [5, 5.41) is 43.6. The summed E-state index contributed by atoms with van der Waals surface area (Å²) >= 11 is 0. The first-order chi connectivity index (χ1) is 34.7. The van der Waals surface area contributed by atoms with Gasteiger partial charge in [0.1, 0.15) is 17.5 Å². The molecule has 0 unspecified atom stereocenters. The van der Waals surface area contributed by atoms with Gasteiger partial charge in [-0.05, 0) is 74.9 Å². The van der Waals surface area contributed by atoms with Crippen LogP contribution in [0.1, 0.15) is 87.7 Å². The molecule has 6 heterocycles. The summed E-state index contributed by atoms with van der Waals surface area (Å²) in [5.74, 6) is -6.08. The van der Waals surface area contributed by atoms with Gasteiger partial charge < -0.3 is 74.1 Å². The van der Waals surface area contributed by atoms with E-state index in [2.05, 4.69) is 16.0 Å². The number of carboxylic acids is 3. The quantitative estimate of drug-likeness (QED) is 0.166. The molecule has 18 nitrogen and oxygen atoms in total. The van der Waals surface area contributed by atoms with Gasteiger partial charge in [-0.2, -0.15) is 0 Å². The summed E-state index contributed by atoms with van der Waals surface area (Å²) in [6.07, 6.45) is 9.56. The van der Waals surface area contributed by atoms with E-state index in [0.29, 0.717) is 72.9 Å². The molecule has 380 valence electrons. The van der Waals surface area contributed by atoms with Crippen molar-refractivity contribution in [1.29, 1.82) is 0 Å². The van der Waals surface area contributed by atoms with Crippen LogP contribution in [0.3, 0.4) is 0 Å². The van der Waals surface area contributed by atoms with Crippen LogP contribution >= 0.6 is 0 Å². The Kier molecular flexibility index (Phi) is 15.0. The zero-order valence-corrected chi connectivity index (χ0v) is 43.1. The number of hydrogen-bond donors (Lipinski definition) is 3. The second-order valence-corrected chi connectivity index (χ2v) is 19.1. The molecule has 3 aromatic heterocycles. The van der Waals surface area contributed by atoms with E-state index in [1.165, 1.54) is 36.8 Å². The van der Waals surface area contributed by atoms with E-state index in [9.17, 15) is 57.3 Å². The molecular weight excluding hydrogens is 1150 g/mol. The number of rotatable bonds is 9. The van der Waals surface area contributed by atoms with Crippen LogP contribution in [0.25, 0.3) is 32.7 Å². The van der Waals surface area contributed by atoms with Crippen molar-refractivity contribution in [3.63, 3.8) is 0 Å². The first-order valence-electron chi connectivity index (χ1n) is 24.3. The van der Waals surface area contributed by atoms with Gasteiger partial charge in [-0.15, -0.1) is 0 Å². The van der Waals surface area contributed by atoms with Gasteiger partial charge in [-0.1, -0.05) is 0 Å². The topological polar surface area (TPSA) is 232 Å². The molecule has 3 saturated carbocycles. The monoisotopic (exact) mass is 1200 g/mol. The van der Waals surface area contributed by atoms with Crippen molar-refractivity contribution in [1.82, 2.24) is 29.7 Å². The maximum Gasteiger partial charge on any atom is 3.00 e. The van der Waals surface area contributed by atoms with Crippen molar-refractivity contribution >= 4 is 93.9 Å². The maximum atomic E-state index is 14.6. The van der Waals surface area contributed by atoms with Gasteiger partial charge in [-0.25, -0.2) is 13.2 Å². The average Bonchev–Trinajstić information content (AvgIpc) is 4.20. The van der Waals surface area contributed by atoms with Crippen molar-refractivity contribution in [2.75, 3.05) is 93.2 Å². The van der Waals surface area contributed by atoms with Gasteiger partial charge in [0.2, 0.25) is 0 Å². The van der Waals surface area contributed by atoms with Crippen molar-refractivity contribution in [3.05, 3.63) is 120 Å². The molecule has 73 heavy (non-hydrogen) atoms. The minimum Gasteiger partial charge on any atom is -0.545 e. The van der Waals surface area contributed by atoms with Crippen molar-refractivity contribution < 1.29 is 42.9 Å². The first kappa shape index (κ1) is 51.6. The Labute approximate surface area is 434 Å². The minimum absolute atomic E-state index is 0. The predicted molar refractivity (Wildman–Crippen MR) is 263 cm³/mol. The Bertz CT molecular complexity index is 3010. The van der Waals surface area contributed by atoms with Crippen LogP contribution in [-0.2, 0) is 0 Å². The summed E-state index contributed by atoms with van der Waals surface area (Å²) < 4.78 is 49.1. The molecule has 2 radical (unpaired) electrons. The van der Waals surface area contributed by atoms with Crippen molar-refractivity contribution in [2.24, 2.45) is 0 Å². The van der Waals surface area contributed by atoms with Crippen molar-refractivity contribution in [3.8, 4) is 0 Å². The molecule has 3 N–H and O–H groups in total. The maximum absolute atomic E-state index is 14.6. The molecule has 0 amide bonds. The number of hydrogen-bond acceptors (Lipinski definition) is 15. The zero-order chi connectivity index (χ0) is 50.5. The normalized spacial score (nSPS) is 17.9. The number of pyridine rings is 3. The van der Waals surface area contributed by atoms with Gasteiger partial charge in [0.25, 0.3) is 0 Å². The molecule has 0 bridgehead atoms. The number of carboxylic acid groups (broad SMARTS) is 3. The van der Waals surface area contributed by atoms with Crippen LogP contribution < -0.4 is 62.3 Å². The number of aromatic nitrogens is 3. The third-order valence-corrected chi connectivity index (χ3v) is 14.2. The third-order valence-electron chi connectivity index (χ3n) is 14.2. The van der Waals surface area contributed by atoms with Crippen LogP contribution in [0.5, 0.6) is 0 Å². The molecule has 0 atom stereocenters. The second kappa shape index (κ2) is 21.2. The van der Waals surface area contributed by atoms with E-state index >= 15 is 0 Å². The molecule has 3 aliphatic heterocycles. The van der Waals surface area contributed by atoms with Gasteiger partial charge in [0.15, 0.2) is 16.3 Å².